The van der Waals surface area contributed by atoms with Gasteiger partial charge in [-0.15, -0.1) is 0 Å². The summed E-state index contributed by atoms with van der Waals surface area (Å²) in [4.78, 5) is 4.32. The molecule has 0 aliphatic heterocycles. The van der Waals surface area contributed by atoms with Crippen LogP contribution < -0.4 is 5.32 Å². The molecule has 1 N–H and O–H groups in total. The van der Waals surface area contributed by atoms with Crippen molar-refractivity contribution in [2.24, 2.45) is 11.8 Å². The summed E-state index contributed by atoms with van der Waals surface area (Å²) >= 11 is 0. The summed E-state index contributed by atoms with van der Waals surface area (Å²) in [5, 5.41) is 3.71. The standard InChI is InChI=1S/C19H22N2/c1-2-21-19(14-7-5-11-20-12-14)18-16-10-9-13-6-3-4-8-15(13)17(16)18/h3-8,11-12,16-19,21H,2,9-10H2,1H3. The molecule has 108 valence electrons. The smallest absolute Gasteiger partial charge is 0.0372 e. The third kappa shape index (κ3) is 2.18. The summed E-state index contributed by atoms with van der Waals surface area (Å²) in [6.07, 6.45) is 6.49. The molecule has 0 saturated heterocycles. The van der Waals surface area contributed by atoms with E-state index in [1.54, 1.807) is 11.1 Å². The SMILES string of the molecule is CCNC(c1cccnc1)C1C2CCc3ccccc3C21. The lowest BCUT2D eigenvalue weighted by molar-refractivity contribution is 0.459. The first-order chi connectivity index (χ1) is 10.4. The van der Waals surface area contributed by atoms with Crippen LogP contribution in [0.2, 0.25) is 0 Å². The zero-order chi connectivity index (χ0) is 14.2. The van der Waals surface area contributed by atoms with Gasteiger partial charge in [0.2, 0.25) is 0 Å². The zero-order valence-electron chi connectivity index (χ0n) is 12.5. The number of rotatable bonds is 4. The molecule has 21 heavy (non-hydrogen) atoms. The minimum absolute atomic E-state index is 0.449. The third-order valence-electron chi connectivity index (χ3n) is 5.24. The lowest BCUT2D eigenvalue weighted by Gasteiger charge is -2.18. The molecule has 1 fully saturated rings. The molecule has 2 heteroatoms. The van der Waals surface area contributed by atoms with Crippen LogP contribution in [-0.2, 0) is 6.42 Å². The lowest BCUT2D eigenvalue weighted by Crippen LogP contribution is -2.23. The predicted octanol–water partition coefficient (Wildman–Crippen LogP) is 3.71. The van der Waals surface area contributed by atoms with Crippen LogP contribution in [0.4, 0.5) is 0 Å². The quantitative estimate of drug-likeness (QED) is 0.922. The highest BCUT2D eigenvalue weighted by atomic mass is 14.9. The van der Waals surface area contributed by atoms with Gasteiger partial charge in [0.15, 0.2) is 0 Å². The lowest BCUT2D eigenvalue weighted by atomic mass is 9.92. The second-order valence-electron chi connectivity index (χ2n) is 6.33. The van der Waals surface area contributed by atoms with Crippen LogP contribution in [0.25, 0.3) is 0 Å². The van der Waals surface area contributed by atoms with E-state index in [0.717, 1.165) is 24.3 Å². The summed E-state index contributed by atoms with van der Waals surface area (Å²) < 4.78 is 0. The van der Waals surface area contributed by atoms with Gasteiger partial charge in [-0.1, -0.05) is 37.3 Å². The van der Waals surface area contributed by atoms with E-state index in [-0.39, 0.29) is 0 Å². The number of benzene rings is 1. The largest absolute Gasteiger partial charge is 0.310 e. The van der Waals surface area contributed by atoms with Crippen LogP contribution in [0.3, 0.4) is 0 Å². The maximum absolute atomic E-state index is 4.32. The second kappa shape index (κ2) is 5.27. The van der Waals surface area contributed by atoms with E-state index in [1.807, 2.05) is 12.4 Å². The number of nitrogens with zero attached hydrogens (tertiary/aromatic N) is 1. The van der Waals surface area contributed by atoms with Crippen molar-refractivity contribution in [1.29, 1.82) is 0 Å². The fourth-order valence-corrected chi connectivity index (χ4v) is 4.33. The maximum Gasteiger partial charge on any atom is 0.0372 e. The topological polar surface area (TPSA) is 24.9 Å². The van der Waals surface area contributed by atoms with Crippen LogP contribution in [0.1, 0.15) is 42.0 Å². The minimum Gasteiger partial charge on any atom is -0.310 e. The molecule has 1 aromatic carbocycles. The number of aryl methyl sites for hydroxylation is 1. The van der Waals surface area contributed by atoms with Crippen molar-refractivity contribution in [2.45, 2.75) is 31.7 Å². The monoisotopic (exact) mass is 278 g/mol. The Bertz CT molecular complexity index is 622. The first kappa shape index (κ1) is 13.0. The summed E-state index contributed by atoms with van der Waals surface area (Å²) in [6.45, 7) is 3.21. The summed E-state index contributed by atoms with van der Waals surface area (Å²) in [7, 11) is 0. The molecule has 2 aliphatic carbocycles. The average Bonchev–Trinajstić information content (AvgIpc) is 3.28. The summed E-state index contributed by atoms with van der Waals surface area (Å²) in [5.74, 6) is 2.33. The minimum atomic E-state index is 0.449. The summed E-state index contributed by atoms with van der Waals surface area (Å²) in [6, 6.07) is 13.8. The molecular formula is C19H22N2. The van der Waals surface area contributed by atoms with Gasteiger partial charge in [0.1, 0.15) is 0 Å². The van der Waals surface area contributed by atoms with E-state index in [4.69, 9.17) is 0 Å². The first-order valence-corrected chi connectivity index (χ1v) is 8.11. The van der Waals surface area contributed by atoms with Crippen molar-refractivity contribution >= 4 is 0 Å². The van der Waals surface area contributed by atoms with Gasteiger partial charge in [-0.2, -0.15) is 0 Å². The van der Waals surface area contributed by atoms with E-state index in [9.17, 15) is 0 Å². The van der Waals surface area contributed by atoms with E-state index in [2.05, 4.69) is 53.6 Å². The molecule has 0 spiro atoms. The highest BCUT2D eigenvalue weighted by Crippen LogP contribution is 2.64. The van der Waals surface area contributed by atoms with E-state index >= 15 is 0 Å². The van der Waals surface area contributed by atoms with Crippen molar-refractivity contribution in [1.82, 2.24) is 10.3 Å². The van der Waals surface area contributed by atoms with Crippen molar-refractivity contribution in [3.8, 4) is 0 Å². The number of aromatic nitrogens is 1. The number of fused-ring (bicyclic) bond motifs is 3. The van der Waals surface area contributed by atoms with Gasteiger partial charge in [-0.25, -0.2) is 0 Å². The van der Waals surface area contributed by atoms with E-state index in [1.165, 1.54) is 18.4 Å². The van der Waals surface area contributed by atoms with Crippen LogP contribution in [-0.4, -0.2) is 11.5 Å². The van der Waals surface area contributed by atoms with Gasteiger partial charge in [0.25, 0.3) is 0 Å². The highest BCUT2D eigenvalue weighted by Gasteiger charge is 2.56. The molecule has 4 rings (SSSR count). The Hall–Kier alpha value is -1.67. The Morgan fingerprint density at radius 3 is 2.95 bits per heavy atom. The van der Waals surface area contributed by atoms with Crippen LogP contribution in [0, 0.1) is 11.8 Å². The van der Waals surface area contributed by atoms with Gasteiger partial charge in [-0.3, -0.25) is 4.98 Å². The molecule has 2 aliphatic rings. The van der Waals surface area contributed by atoms with Crippen molar-refractivity contribution in [2.75, 3.05) is 6.54 Å². The molecule has 0 bridgehead atoms. The predicted molar refractivity (Wildman–Crippen MR) is 85.1 cm³/mol. The Balaban J connectivity index is 1.65. The van der Waals surface area contributed by atoms with Gasteiger partial charge >= 0.3 is 0 Å². The van der Waals surface area contributed by atoms with Crippen molar-refractivity contribution < 1.29 is 0 Å². The van der Waals surface area contributed by atoms with Crippen molar-refractivity contribution in [3.05, 3.63) is 65.5 Å². The molecule has 1 saturated carbocycles. The Morgan fingerprint density at radius 1 is 1.24 bits per heavy atom. The van der Waals surface area contributed by atoms with Gasteiger partial charge in [0, 0.05) is 18.4 Å². The first-order valence-electron chi connectivity index (χ1n) is 8.11. The van der Waals surface area contributed by atoms with Gasteiger partial charge < -0.3 is 5.32 Å². The Kier molecular flexibility index (Phi) is 3.27. The molecular weight excluding hydrogens is 256 g/mol. The van der Waals surface area contributed by atoms with Crippen LogP contribution in [0.15, 0.2) is 48.8 Å². The van der Waals surface area contributed by atoms with E-state index in [0.29, 0.717) is 6.04 Å². The fraction of sp³-hybridized carbons (Fsp3) is 0.421. The Labute approximate surface area is 126 Å². The molecule has 2 aromatic rings. The number of pyridine rings is 1. The maximum atomic E-state index is 4.32. The Morgan fingerprint density at radius 2 is 2.14 bits per heavy atom. The van der Waals surface area contributed by atoms with Crippen molar-refractivity contribution in [3.63, 3.8) is 0 Å². The molecule has 2 nitrogen and oxygen atoms in total. The van der Waals surface area contributed by atoms with E-state index < -0.39 is 0 Å². The molecule has 0 amide bonds. The molecule has 4 unspecified atom stereocenters. The summed E-state index contributed by atoms with van der Waals surface area (Å²) in [5.41, 5.74) is 4.52. The number of nitrogens with one attached hydrogen (secondary N) is 1. The molecule has 1 aromatic heterocycles. The number of hydrogen-bond acceptors (Lipinski definition) is 2. The second-order valence-corrected chi connectivity index (χ2v) is 6.33. The molecule has 1 heterocycles. The molecule has 4 atom stereocenters. The number of hydrogen-bond donors (Lipinski definition) is 1. The average molecular weight is 278 g/mol. The highest BCUT2D eigenvalue weighted by molar-refractivity contribution is 5.41. The third-order valence-corrected chi connectivity index (χ3v) is 5.24. The fourth-order valence-electron chi connectivity index (χ4n) is 4.33. The zero-order valence-corrected chi connectivity index (χ0v) is 12.5. The van der Waals surface area contributed by atoms with Crippen LogP contribution >= 0.6 is 0 Å². The molecule has 0 radical (unpaired) electrons. The van der Waals surface area contributed by atoms with Gasteiger partial charge in [0.05, 0.1) is 0 Å². The van der Waals surface area contributed by atoms with Crippen LogP contribution in [0.5, 0.6) is 0 Å². The normalized spacial score (nSPS) is 27.6. The van der Waals surface area contributed by atoms with Gasteiger partial charge in [-0.05, 0) is 59.9 Å².